The molecule has 2 aromatic carbocycles. The molecule has 0 aliphatic heterocycles. The number of hydrogen-bond acceptors (Lipinski definition) is 5. The molecule has 7 nitrogen and oxygen atoms in total. The van der Waals surface area contributed by atoms with Crippen molar-refractivity contribution in [3.63, 3.8) is 0 Å². The smallest absolute Gasteiger partial charge is 0.267 e. The third kappa shape index (κ3) is 3.47. The molecule has 0 atom stereocenters. The molecule has 2 aromatic heterocycles. The largest absolute Gasteiger partial charge is 0.384 e. The van der Waals surface area contributed by atoms with Gasteiger partial charge in [0.25, 0.3) is 10.0 Å². The molecule has 148 valence electrons. The van der Waals surface area contributed by atoms with E-state index in [1.54, 1.807) is 24.3 Å². The number of nitrogen functional groups attached to an aromatic ring is 1. The Labute approximate surface area is 162 Å². The first-order valence-corrected chi connectivity index (χ1v) is 9.61. The van der Waals surface area contributed by atoms with E-state index in [-0.39, 0.29) is 5.69 Å². The lowest BCUT2D eigenvalue weighted by Crippen LogP contribution is -2.16. The number of H-pyrrole nitrogens is 1. The summed E-state index contributed by atoms with van der Waals surface area (Å²) < 4.78 is 67.3. The molecular formula is C18H12F3N5O2S. The summed E-state index contributed by atoms with van der Waals surface area (Å²) in [6.07, 6.45) is 0. The summed E-state index contributed by atoms with van der Waals surface area (Å²) in [6, 6.07) is 9.99. The van der Waals surface area contributed by atoms with Gasteiger partial charge in [0.2, 0.25) is 0 Å². The van der Waals surface area contributed by atoms with E-state index < -0.39 is 32.4 Å². The van der Waals surface area contributed by atoms with Crippen molar-refractivity contribution in [2.24, 2.45) is 0 Å². The number of aromatic amines is 1. The van der Waals surface area contributed by atoms with Crippen LogP contribution in [0.3, 0.4) is 0 Å². The van der Waals surface area contributed by atoms with E-state index in [0.717, 1.165) is 0 Å². The Balaban J connectivity index is 1.62. The predicted molar refractivity (Wildman–Crippen MR) is 101 cm³/mol. The van der Waals surface area contributed by atoms with E-state index in [2.05, 4.69) is 19.9 Å². The number of anilines is 2. The molecule has 0 spiro atoms. The number of fused-ring (bicyclic) bond motifs is 1. The van der Waals surface area contributed by atoms with Gasteiger partial charge in [-0.2, -0.15) is 5.10 Å². The average molecular weight is 419 g/mol. The van der Waals surface area contributed by atoms with Crippen molar-refractivity contribution in [3.8, 4) is 11.3 Å². The molecule has 0 unspecified atom stereocenters. The van der Waals surface area contributed by atoms with Crippen LogP contribution in [-0.2, 0) is 10.0 Å². The second-order valence-electron chi connectivity index (χ2n) is 6.09. The number of pyridine rings is 1. The van der Waals surface area contributed by atoms with Crippen molar-refractivity contribution in [3.05, 3.63) is 66.0 Å². The second-order valence-corrected chi connectivity index (χ2v) is 7.71. The van der Waals surface area contributed by atoms with Crippen LogP contribution in [0.5, 0.6) is 0 Å². The lowest BCUT2D eigenvalue weighted by atomic mass is 10.1. The fourth-order valence-corrected chi connectivity index (χ4v) is 3.96. The number of nitrogens with two attached hydrogens (primary N) is 1. The Morgan fingerprint density at radius 1 is 0.966 bits per heavy atom. The Morgan fingerprint density at radius 3 is 2.28 bits per heavy atom. The summed E-state index contributed by atoms with van der Waals surface area (Å²) in [7, 11) is -4.61. The maximum absolute atomic E-state index is 13.8. The van der Waals surface area contributed by atoms with Gasteiger partial charge in [0.05, 0.1) is 11.1 Å². The van der Waals surface area contributed by atoms with Crippen LogP contribution in [0.4, 0.5) is 24.7 Å². The van der Waals surface area contributed by atoms with Gasteiger partial charge in [-0.3, -0.25) is 9.82 Å². The van der Waals surface area contributed by atoms with E-state index in [1.165, 1.54) is 12.1 Å². The van der Waals surface area contributed by atoms with Gasteiger partial charge in [-0.15, -0.1) is 0 Å². The molecule has 0 saturated carbocycles. The van der Waals surface area contributed by atoms with Gasteiger partial charge < -0.3 is 5.73 Å². The summed E-state index contributed by atoms with van der Waals surface area (Å²) >= 11 is 0. The summed E-state index contributed by atoms with van der Waals surface area (Å²) in [5.74, 6) is -3.87. The number of nitrogens with one attached hydrogen (secondary N) is 2. The molecule has 4 N–H and O–H groups in total. The van der Waals surface area contributed by atoms with E-state index in [4.69, 9.17) is 5.73 Å². The molecule has 0 bridgehead atoms. The number of hydrogen-bond donors (Lipinski definition) is 3. The summed E-state index contributed by atoms with van der Waals surface area (Å²) in [4.78, 5) is 3.10. The Kier molecular flexibility index (Phi) is 4.38. The van der Waals surface area contributed by atoms with Crippen LogP contribution in [0.25, 0.3) is 22.3 Å². The molecule has 11 heteroatoms. The number of sulfonamides is 1. The third-order valence-corrected chi connectivity index (χ3v) is 5.54. The lowest BCUT2D eigenvalue weighted by molar-refractivity contribution is 0.498. The van der Waals surface area contributed by atoms with Gasteiger partial charge in [0.15, 0.2) is 10.5 Å². The van der Waals surface area contributed by atoms with E-state index in [1.807, 2.05) is 0 Å². The SMILES string of the molecule is Nc1[nH]nc2nc(-c3ccc(NS(=O)(=O)c4c(F)cc(F)cc4F)cc3)ccc12. The van der Waals surface area contributed by atoms with Crippen molar-refractivity contribution in [1.82, 2.24) is 15.2 Å². The van der Waals surface area contributed by atoms with Gasteiger partial charge in [-0.1, -0.05) is 12.1 Å². The van der Waals surface area contributed by atoms with Crippen LogP contribution in [-0.4, -0.2) is 23.6 Å². The zero-order valence-electron chi connectivity index (χ0n) is 14.4. The van der Waals surface area contributed by atoms with Crippen LogP contribution >= 0.6 is 0 Å². The molecule has 2 heterocycles. The molecule has 29 heavy (non-hydrogen) atoms. The topological polar surface area (TPSA) is 114 Å². The lowest BCUT2D eigenvalue weighted by Gasteiger charge is -2.10. The fourth-order valence-electron chi connectivity index (χ4n) is 2.78. The maximum Gasteiger partial charge on any atom is 0.267 e. The van der Waals surface area contributed by atoms with Crippen molar-refractivity contribution in [1.29, 1.82) is 0 Å². The number of halogens is 3. The molecule has 0 saturated heterocycles. The highest BCUT2D eigenvalue weighted by Gasteiger charge is 2.25. The monoisotopic (exact) mass is 419 g/mol. The minimum atomic E-state index is -4.61. The van der Waals surface area contributed by atoms with Gasteiger partial charge in [-0.25, -0.2) is 26.6 Å². The van der Waals surface area contributed by atoms with Crippen molar-refractivity contribution >= 4 is 32.6 Å². The zero-order chi connectivity index (χ0) is 20.8. The van der Waals surface area contributed by atoms with Gasteiger partial charge in [-0.05, 0) is 24.3 Å². The summed E-state index contributed by atoms with van der Waals surface area (Å²) in [5.41, 5.74) is 7.42. The highest BCUT2D eigenvalue weighted by Crippen LogP contribution is 2.26. The first-order chi connectivity index (χ1) is 13.7. The first kappa shape index (κ1) is 18.7. The quantitative estimate of drug-likeness (QED) is 0.469. The number of nitrogens with zero attached hydrogens (tertiary/aromatic N) is 2. The Morgan fingerprint density at radius 2 is 1.62 bits per heavy atom. The third-order valence-electron chi connectivity index (χ3n) is 4.11. The second kappa shape index (κ2) is 6.78. The van der Waals surface area contributed by atoms with Crippen LogP contribution in [0.1, 0.15) is 0 Å². The molecule has 4 aromatic rings. The highest BCUT2D eigenvalue weighted by atomic mass is 32.2. The molecule has 4 rings (SSSR count). The molecule has 0 amide bonds. The number of rotatable bonds is 4. The van der Waals surface area contributed by atoms with Gasteiger partial charge in [0, 0.05) is 23.4 Å². The van der Waals surface area contributed by atoms with Crippen molar-refractivity contribution in [2.45, 2.75) is 4.90 Å². The van der Waals surface area contributed by atoms with Crippen LogP contribution < -0.4 is 10.5 Å². The average Bonchev–Trinajstić information content (AvgIpc) is 3.01. The molecule has 0 radical (unpaired) electrons. The Hall–Kier alpha value is -3.60. The van der Waals surface area contributed by atoms with Crippen LogP contribution in [0, 0.1) is 17.5 Å². The molecule has 0 aliphatic carbocycles. The first-order valence-electron chi connectivity index (χ1n) is 8.13. The van der Waals surface area contributed by atoms with Crippen LogP contribution in [0.2, 0.25) is 0 Å². The maximum atomic E-state index is 13.8. The molecular weight excluding hydrogens is 407 g/mol. The number of aromatic nitrogens is 3. The summed E-state index contributed by atoms with van der Waals surface area (Å²) in [6.45, 7) is 0. The molecule has 0 fully saturated rings. The van der Waals surface area contributed by atoms with Crippen LogP contribution in [0.15, 0.2) is 53.4 Å². The van der Waals surface area contributed by atoms with Gasteiger partial charge in [0.1, 0.15) is 23.3 Å². The van der Waals surface area contributed by atoms with E-state index in [0.29, 0.717) is 40.2 Å². The van der Waals surface area contributed by atoms with Crippen molar-refractivity contribution < 1.29 is 21.6 Å². The summed E-state index contributed by atoms with van der Waals surface area (Å²) in [5, 5.41) is 7.27. The normalized spacial score (nSPS) is 11.7. The minimum absolute atomic E-state index is 0.0574. The standard InChI is InChI=1S/C18H12F3N5O2S/c19-10-7-13(20)16(14(21)8-10)29(27,28)26-11-3-1-9(2-4-11)15-6-5-12-17(22)24-25-18(12)23-15/h1-8,26H,(H3,22,23,24,25). The molecule has 0 aliphatic rings. The number of benzene rings is 2. The highest BCUT2D eigenvalue weighted by molar-refractivity contribution is 7.92. The minimum Gasteiger partial charge on any atom is -0.384 e. The predicted octanol–water partition coefficient (Wildman–Crippen LogP) is 3.43. The zero-order valence-corrected chi connectivity index (χ0v) is 15.3. The van der Waals surface area contributed by atoms with Gasteiger partial charge >= 0.3 is 0 Å². The van der Waals surface area contributed by atoms with Crippen molar-refractivity contribution in [2.75, 3.05) is 10.5 Å². The fraction of sp³-hybridized carbons (Fsp3) is 0. The van der Waals surface area contributed by atoms with E-state index >= 15 is 0 Å². The van der Waals surface area contributed by atoms with E-state index in [9.17, 15) is 21.6 Å². The Bertz CT molecular complexity index is 1310.